The molecule has 1 amide bonds. The molecule has 1 heterocycles. The number of halogens is 2. The molecule has 4 aromatic rings. The summed E-state index contributed by atoms with van der Waals surface area (Å²) in [5.74, 6) is -4.18. The van der Waals surface area contributed by atoms with Crippen molar-refractivity contribution in [1.29, 1.82) is 5.26 Å². The molecule has 0 saturated heterocycles. The van der Waals surface area contributed by atoms with E-state index < -0.39 is 35.1 Å². The highest BCUT2D eigenvalue weighted by Gasteiger charge is 2.27. The van der Waals surface area contributed by atoms with Crippen molar-refractivity contribution in [2.45, 2.75) is 26.0 Å². The van der Waals surface area contributed by atoms with E-state index in [9.17, 15) is 23.5 Å². The summed E-state index contributed by atoms with van der Waals surface area (Å²) < 4.78 is 45.7. The van der Waals surface area contributed by atoms with Gasteiger partial charge in [0.2, 0.25) is 0 Å². The zero-order valence-electron chi connectivity index (χ0n) is 23.0. The Morgan fingerprint density at radius 1 is 1.07 bits per heavy atom. The molecule has 0 fully saturated rings. The summed E-state index contributed by atoms with van der Waals surface area (Å²) in [6.45, 7) is 2.80. The number of pyridine rings is 1. The van der Waals surface area contributed by atoms with Crippen molar-refractivity contribution in [2.75, 3.05) is 20.8 Å². The summed E-state index contributed by atoms with van der Waals surface area (Å²) >= 11 is 0. The number of amides is 1. The van der Waals surface area contributed by atoms with Gasteiger partial charge in [-0.3, -0.25) is 9.78 Å². The SMILES string of the molecule is CCOCc1cc(OC)c(-c2ccc(CC(NC(=O)c3c(F)cc(C#N)cc3F)C(=O)O)c3cccnc23)c(OC)c1. The predicted molar refractivity (Wildman–Crippen MR) is 149 cm³/mol. The topological polar surface area (TPSA) is 131 Å². The van der Waals surface area contributed by atoms with Gasteiger partial charge in [-0.1, -0.05) is 18.2 Å². The molecule has 3 aromatic carbocycles. The van der Waals surface area contributed by atoms with Crippen molar-refractivity contribution < 1.29 is 37.7 Å². The average Bonchev–Trinajstić information content (AvgIpc) is 2.98. The molecule has 1 atom stereocenters. The van der Waals surface area contributed by atoms with Gasteiger partial charge in [-0.2, -0.15) is 5.26 Å². The number of carbonyl (C=O) groups is 2. The molecule has 9 nitrogen and oxygen atoms in total. The van der Waals surface area contributed by atoms with Crippen LogP contribution in [0.5, 0.6) is 11.5 Å². The molecule has 1 unspecified atom stereocenters. The number of hydrogen-bond acceptors (Lipinski definition) is 7. The Morgan fingerprint density at radius 2 is 1.74 bits per heavy atom. The van der Waals surface area contributed by atoms with Gasteiger partial charge < -0.3 is 24.6 Å². The molecule has 0 aliphatic heterocycles. The highest BCUT2D eigenvalue weighted by atomic mass is 19.1. The quantitative estimate of drug-likeness (QED) is 0.255. The van der Waals surface area contributed by atoms with Gasteiger partial charge in [0.15, 0.2) is 0 Å². The number of aromatic nitrogens is 1. The fourth-order valence-corrected chi connectivity index (χ4v) is 4.65. The number of benzene rings is 3. The number of carboxylic acids is 1. The standard InChI is InChI=1S/C31H27F2N3O6/c1-4-42-16-18-12-25(40-2)27(26(13-18)41-3)21-8-7-19(20-6-5-9-35-29(20)21)14-24(31(38)39)36-30(37)28-22(32)10-17(15-34)11-23(28)33/h5-13,24H,4,14,16H2,1-3H3,(H,36,37)(H,38,39). The average molecular weight is 576 g/mol. The third kappa shape index (κ3) is 6.14. The fourth-order valence-electron chi connectivity index (χ4n) is 4.65. The third-order valence-electron chi connectivity index (χ3n) is 6.59. The van der Waals surface area contributed by atoms with Crippen LogP contribution in [0.25, 0.3) is 22.0 Å². The molecular weight excluding hydrogens is 548 g/mol. The van der Waals surface area contributed by atoms with E-state index in [1.807, 2.05) is 19.1 Å². The summed E-state index contributed by atoms with van der Waals surface area (Å²) in [5.41, 5.74) is 1.87. The first kappa shape index (κ1) is 29.9. The van der Waals surface area contributed by atoms with Crippen LogP contribution in [0.4, 0.5) is 8.78 Å². The number of ether oxygens (including phenoxy) is 3. The van der Waals surface area contributed by atoms with Gasteiger partial charge in [0, 0.05) is 30.2 Å². The van der Waals surface area contributed by atoms with E-state index >= 15 is 0 Å². The van der Waals surface area contributed by atoms with Crippen LogP contribution in [-0.4, -0.2) is 48.8 Å². The van der Waals surface area contributed by atoms with Gasteiger partial charge in [0.1, 0.15) is 34.7 Å². The summed E-state index contributed by atoms with van der Waals surface area (Å²) in [6, 6.07) is 12.0. The Bertz CT molecular complexity index is 1650. The lowest BCUT2D eigenvalue weighted by Crippen LogP contribution is -2.43. The van der Waals surface area contributed by atoms with Crippen LogP contribution in [0.3, 0.4) is 0 Å². The third-order valence-corrected chi connectivity index (χ3v) is 6.59. The maximum atomic E-state index is 14.4. The lowest BCUT2D eigenvalue weighted by molar-refractivity contribution is -0.139. The van der Waals surface area contributed by atoms with Crippen molar-refractivity contribution in [3.8, 4) is 28.7 Å². The molecule has 0 spiro atoms. The van der Waals surface area contributed by atoms with Crippen molar-refractivity contribution >= 4 is 22.8 Å². The van der Waals surface area contributed by atoms with Crippen LogP contribution < -0.4 is 14.8 Å². The van der Waals surface area contributed by atoms with Gasteiger partial charge in [0.25, 0.3) is 5.91 Å². The van der Waals surface area contributed by atoms with E-state index in [1.165, 1.54) is 14.2 Å². The molecule has 11 heteroatoms. The molecule has 4 rings (SSSR count). The molecule has 2 N–H and O–H groups in total. The second-order valence-electron chi connectivity index (χ2n) is 9.18. The van der Waals surface area contributed by atoms with Crippen molar-refractivity contribution in [3.63, 3.8) is 0 Å². The summed E-state index contributed by atoms with van der Waals surface area (Å²) in [4.78, 5) is 29.4. The van der Waals surface area contributed by atoms with E-state index in [-0.39, 0.29) is 12.0 Å². The Labute approximate surface area is 240 Å². The number of aliphatic carboxylic acids is 1. The van der Waals surface area contributed by atoms with Gasteiger partial charge >= 0.3 is 5.97 Å². The van der Waals surface area contributed by atoms with E-state index in [0.29, 0.717) is 64.4 Å². The molecule has 0 aliphatic rings. The van der Waals surface area contributed by atoms with E-state index in [0.717, 1.165) is 5.56 Å². The molecule has 0 bridgehead atoms. The maximum Gasteiger partial charge on any atom is 0.326 e. The highest BCUT2D eigenvalue weighted by molar-refractivity contribution is 6.00. The van der Waals surface area contributed by atoms with Crippen LogP contribution in [0.1, 0.15) is 34.0 Å². The van der Waals surface area contributed by atoms with Crippen LogP contribution in [0.2, 0.25) is 0 Å². The summed E-state index contributed by atoms with van der Waals surface area (Å²) in [5, 5.41) is 21.6. The number of hydrogen-bond donors (Lipinski definition) is 2. The van der Waals surface area contributed by atoms with Crippen molar-refractivity contribution in [1.82, 2.24) is 10.3 Å². The van der Waals surface area contributed by atoms with Crippen LogP contribution in [0, 0.1) is 23.0 Å². The fraction of sp³-hybridized carbons (Fsp3) is 0.226. The van der Waals surface area contributed by atoms with Gasteiger partial charge in [0.05, 0.1) is 43.5 Å². The number of nitrogens with one attached hydrogen (secondary N) is 1. The zero-order chi connectivity index (χ0) is 30.4. The number of nitrogens with zero attached hydrogens (tertiary/aromatic N) is 2. The number of fused-ring (bicyclic) bond motifs is 1. The summed E-state index contributed by atoms with van der Waals surface area (Å²) in [6.07, 6.45) is 1.37. The van der Waals surface area contributed by atoms with Crippen molar-refractivity contribution in [3.05, 3.63) is 88.6 Å². The first-order chi connectivity index (χ1) is 20.2. The lowest BCUT2D eigenvalue weighted by Gasteiger charge is -2.19. The largest absolute Gasteiger partial charge is 0.496 e. The van der Waals surface area contributed by atoms with Crippen molar-refractivity contribution in [2.24, 2.45) is 0 Å². The predicted octanol–water partition coefficient (Wildman–Crippen LogP) is 5.03. The van der Waals surface area contributed by atoms with E-state index in [1.54, 1.807) is 36.5 Å². The molecule has 0 radical (unpaired) electrons. The minimum atomic E-state index is -1.54. The molecule has 216 valence electrons. The van der Waals surface area contributed by atoms with Crippen LogP contribution in [0.15, 0.2) is 54.7 Å². The minimum absolute atomic E-state index is 0.218. The lowest BCUT2D eigenvalue weighted by atomic mass is 9.93. The number of nitriles is 1. The smallest absolute Gasteiger partial charge is 0.326 e. The second-order valence-corrected chi connectivity index (χ2v) is 9.18. The number of methoxy groups -OCH3 is 2. The maximum absolute atomic E-state index is 14.4. The van der Waals surface area contributed by atoms with Crippen LogP contribution in [-0.2, 0) is 22.6 Å². The molecule has 1 aromatic heterocycles. The second kappa shape index (κ2) is 13.1. The number of rotatable bonds is 11. The Balaban J connectivity index is 1.74. The minimum Gasteiger partial charge on any atom is -0.496 e. The molecule has 0 aliphatic carbocycles. The van der Waals surface area contributed by atoms with E-state index in [4.69, 9.17) is 19.5 Å². The number of carbonyl (C=O) groups excluding carboxylic acids is 1. The first-order valence-electron chi connectivity index (χ1n) is 12.8. The monoisotopic (exact) mass is 575 g/mol. The van der Waals surface area contributed by atoms with E-state index in [2.05, 4.69) is 10.3 Å². The van der Waals surface area contributed by atoms with Gasteiger partial charge in [-0.25, -0.2) is 13.6 Å². The normalized spacial score (nSPS) is 11.5. The Kier molecular flexibility index (Phi) is 9.29. The molecule has 42 heavy (non-hydrogen) atoms. The summed E-state index contributed by atoms with van der Waals surface area (Å²) in [7, 11) is 3.07. The first-order valence-corrected chi connectivity index (χ1v) is 12.8. The van der Waals surface area contributed by atoms with Crippen LogP contribution >= 0.6 is 0 Å². The van der Waals surface area contributed by atoms with Gasteiger partial charge in [-0.05, 0) is 48.4 Å². The van der Waals surface area contributed by atoms with Gasteiger partial charge in [-0.15, -0.1) is 0 Å². The highest BCUT2D eigenvalue weighted by Crippen LogP contribution is 2.43. The molecule has 0 saturated carbocycles. The number of carboxylic acid groups (broad SMARTS) is 1. The Morgan fingerprint density at radius 3 is 2.31 bits per heavy atom. The Hall–Kier alpha value is -5.08. The molecular formula is C31H27F2N3O6. The zero-order valence-corrected chi connectivity index (χ0v) is 23.0.